The van der Waals surface area contributed by atoms with Gasteiger partial charge in [0.15, 0.2) is 6.04 Å². The summed E-state index contributed by atoms with van der Waals surface area (Å²) in [5.74, 6) is -3.52. The Labute approximate surface area is 212 Å². The molecule has 0 saturated heterocycles. The summed E-state index contributed by atoms with van der Waals surface area (Å²) < 4.78 is 0.829. The summed E-state index contributed by atoms with van der Waals surface area (Å²) in [6.45, 7) is 4.50. The molecule has 2 amide bonds. The Balaban J connectivity index is 2.02. The zero-order valence-electron chi connectivity index (χ0n) is 20.7. The molecule has 196 valence electrons. The normalized spacial score (nSPS) is 14.5. The fourth-order valence-corrected chi connectivity index (χ4v) is 4.01. The number of amides is 2. The molecule has 1 aromatic heterocycles. The van der Waals surface area contributed by atoms with Crippen molar-refractivity contribution in [3.8, 4) is 0 Å². The predicted molar refractivity (Wildman–Crippen MR) is 136 cm³/mol. The van der Waals surface area contributed by atoms with Crippen LogP contribution in [-0.2, 0) is 20.8 Å². The molecule has 0 fully saturated rings. The van der Waals surface area contributed by atoms with Crippen molar-refractivity contribution in [2.24, 2.45) is 5.92 Å². The van der Waals surface area contributed by atoms with Crippen molar-refractivity contribution < 1.29 is 24.6 Å². The van der Waals surface area contributed by atoms with E-state index in [0.717, 1.165) is 4.57 Å². The number of aromatic nitrogens is 2. The highest BCUT2D eigenvalue weighted by atomic mass is 16.4. The van der Waals surface area contributed by atoms with Crippen molar-refractivity contribution >= 4 is 28.7 Å². The van der Waals surface area contributed by atoms with Gasteiger partial charge in [-0.25, -0.2) is 14.2 Å². The van der Waals surface area contributed by atoms with Gasteiger partial charge in [0, 0.05) is 6.42 Å². The minimum atomic E-state index is -1.59. The Bertz CT molecular complexity index is 1400. The van der Waals surface area contributed by atoms with Crippen molar-refractivity contribution in [3.05, 3.63) is 81.0 Å². The molecule has 0 spiro atoms. The molecule has 0 radical (unpaired) electrons. The van der Waals surface area contributed by atoms with Crippen LogP contribution in [0.15, 0.2) is 64.2 Å². The number of carbonyl (C=O) groups is 3. The van der Waals surface area contributed by atoms with Gasteiger partial charge in [-0.15, -0.1) is 0 Å². The first-order valence-electron chi connectivity index (χ1n) is 11.8. The molecule has 0 unspecified atom stereocenters. The number of aliphatic hydroxyl groups is 1. The van der Waals surface area contributed by atoms with Crippen molar-refractivity contribution in [1.29, 1.82) is 0 Å². The number of fused-ring (bicyclic) bond motifs is 1. The summed E-state index contributed by atoms with van der Waals surface area (Å²) in [7, 11) is 0. The number of benzene rings is 2. The second-order valence-corrected chi connectivity index (χ2v) is 9.15. The van der Waals surface area contributed by atoms with Gasteiger partial charge in [-0.05, 0) is 30.5 Å². The summed E-state index contributed by atoms with van der Waals surface area (Å²) in [6, 6.07) is 11.1. The molecular formula is C26H30N4O7. The molecule has 0 aliphatic carbocycles. The molecule has 0 saturated carbocycles. The Hall–Kier alpha value is -4.25. The number of carboxylic acid groups (broad SMARTS) is 1. The van der Waals surface area contributed by atoms with Crippen LogP contribution < -0.4 is 21.9 Å². The van der Waals surface area contributed by atoms with Crippen LogP contribution in [0.1, 0.15) is 32.4 Å². The lowest BCUT2D eigenvalue weighted by molar-refractivity contribution is -0.145. The quantitative estimate of drug-likeness (QED) is 0.265. The summed E-state index contributed by atoms with van der Waals surface area (Å²) >= 11 is 0. The van der Waals surface area contributed by atoms with Crippen molar-refractivity contribution in [2.45, 2.75) is 51.4 Å². The number of hydrogen-bond acceptors (Lipinski definition) is 6. The van der Waals surface area contributed by atoms with E-state index in [2.05, 4.69) is 15.6 Å². The number of hydrogen-bond donors (Lipinski definition) is 5. The molecule has 3 aromatic rings. The summed E-state index contributed by atoms with van der Waals surface area (Å²) in [5.41, 5.74) is -0.455. The van der Waals surface area contributed by atoms with Crippen molar-refractivity contribution in [1.82, 2.24) is 20.2 Å². The van der Waals surface area contributed by atoms with E-state index in [0.29, 0.717) is 11.1 Å². The van der Waals surface area contributed by atoms with Gasteiger partial charge in [-0.3, -0.25) is 14.4 Å². The highest BCUT2D eigenvalue weighted by Gasteiger charge is 2.34. The lowest BCUT2D eigenvalue weighted by Gasteiger charge is -2.27. The van der Waals surface area contributed by atoms with E-state index in [1.54, 1.807) is 62.4 Å². The third-order valence-electron chi connectivity index (χ3n) is 6.02. The number of para-hydroxylation sites is 1. The van der Waals surface area contributed by atoms with Crippen LogP contribution in [0.5, 0.6) is 0 Å². The highest BCUT2D eigenvalue weighted by Crippen LogP contribution is 2.15. The molecule has 0 bridgehead atoms. The molecule has 0 aliphatic heterocycles. The highest BCUT2D eigenvalue weighted by molar-refractivity contribution is 5.92. The minimum absolute atomic E-state index is 0.0220. The monoisotopic (exact) mass is 510 g/mol. The molecule has 37 heavy (non-hydrogen) atoms. The van der Waals surface area contributed by atoms with E-state index in [-0.39, 0.29) is 11.8 Å². The predicted octanol–water partition coefficient (Wildman–Crippen LogP) is 0.565. The van der Waals surface area contributed by atoms with E-state index >= 15 is 0 Å². The minimum Gasteiger partial charge on any atom is -0.480 e. The van der Waals surface area contributed by atoms with E-state index in [1.807, 2.05) is 0 Å². The first-order valence-corrected chi connectivity index (χ1v) is 11.8. The molecular weight excluding hydrogens is 480 g/mol. The first kappa shape index (κ1) is 27.3. The summed E-state index contributed by atoms with van der Waals surface area (Å²) in [5, 5.41) is 24.1. The molecule has 11 nitrogen and oxygen atoms in total. The second-order valence-electron chi connectivity index (χ2n) is 9.15. The Morgan fingerprint density at radius 1 is 0.892 bits per heavy atom. The molecule has 4 atom stereocenters. The second kappa shape index (κ2) is 11.7. The third-order valence-corrected chi connectivity index (χ3v) is 6.02. The smallest absolute Gasteiger partial charge is 0.329 e. The summed E-state index contributed by atoms with van der Waals surface area (Å²) in [6.07, 6.45) is -1.41. The average Bonchev–Trinajstić information content (AvgIpc) is 2.85. The fraction of sp³-hybridized carbons (Fsp3) is 0.346. The van der Waals surface area contributed by atoms with Crippen LogP contribution in [0.3, 0.4) is 0 Å². The van der Waals surface area contributed by atoms with Crippen LogP contribution in [0.4, 0.5) is 0 Å². The number of rotatable bonds is 10. The van der Waals surface area contributed by atoms with E-state index < -0.39 is 59.2 Å². The van der Waals surface area contributed by atoms with Gasteiger partial charge in [0.1, 0.15) is 12.1 Å². The SMILES string of the molecule is CC(C)[C@H](NC(=O)[C@H](Cc1ccccc1)n1c(=O)[nH]c2ccccc2c1=O)C(=O)N[C@H](C(=O)O)[C@H](C)O. The van der Waals surface area contributed by atoms with Crippen LogP contribution >= 0.6 is 0 Å². The van der Waals surface area contributed by atoms with Gasteiger partial charge in [-0.1, -0.05) is 56.3 Å². The number of aliphatic carboxylic acids is 1. The standard InChI is InChI=1S/C26H30N4O7/c1-14(2)20(23(33)29-21(15(3)31)25(35)36)28-22(32)19(13-16-9-5-4-6-10-16)30-24(34)17-11-7-8-12-18(17)27-26(30)37/h4-12,14-15,19-21,31H,13H2,1-3H3,(H,27,37)(H,28,32)(H,29,33)(H,35,36)/t15-,19-,20-,21-/m0/s1. The van der Waals surface area contributed by atoms with Gasteiger partial charge >= 0.3 is 11.7 Å². The van der Waals surface area contributed by atoms with Gasteiger partial charge in [-0.2, -0.15) is 0 Å². The molecule has 0 aliphatic rings. The zero-order chi connectivity index (χ0) is 27.3. The number of nitrogens with one attached hydrogen (secondary N) is 3. The molecule has 2 aromatic carbocycles. The average molecular weight is 511 g/mol. The topological polar surface area (TPSA) is 171 Å². The number of carbonyl (C=O) groups excluding carboxylic acids is 2. The maximum absolute atomic E-state index is 13.6. The van der Waals surface area contributed by atoms with E-state index in [9.17, 15) is 34.2 Å². The first-order chi connectivity index (χ1) is 17.5. The summed E-state index contributed by atoms with van der Waals surface area (Å²) in [4.78, 5) is 66.9. The number of H-pyrrole nitrogens is 1. The van der Waals surface area contributed by atoms with Gasteiger partial charge in [0.2, 0.25) is 11.8 Å². The Morgan fingerprint density at radius 2 is 1.49 bits per heavy atom. The molecule has 11 heteroatoms. The number of aromatic amines is 1. The van der Waals surface area contributed by atoms with Crippen LogP contribution in [0, 0.1) is 5.92 Å². The maximum Gasteiger partial charge on any atom is 0.329 e. The van der Waals surface area contributed by atoms with Gasteiger partial charge in [0.05, 0.1) is 17.0 Å². The number of carboxylic acids is 1. The fourth-order valence-electron chi connectivity index (χ4n) is 4.01. The van der Waals surface area contributed by atoms with Crippen LogP contribution in [-0.4, -0.2) is 55.7 Å². The van der Waals surface area contributed by atoms with E-state index in [4.69, 9.17) is 0 Å². The number of nitrogens with zero attached hydrogens (tertiary/aromatic N) is 1. The Kier molecular flexibility index (Phi) is 8.61. The number of aliphatic hydroxyl groups excluding tert-OH is 1. The van der Waals surface area contributed by atoms with Crippen molar-refractivity contribution in [3.63, 3.8) is 0 Å². The lowest BCUT2D eigenvalue weighted by Crippen LogP contribution is -2.57. The lowest BCUT2D eigenvalue weighted by atomic mass is 10.00. The van der Waals surface area contributed by atoms with Gasteiger partial charge in [0.25, 0.3) is 5.56 Å². The molecule has 3 rings (SSSR count). The van der Waals surface area contributed by atoms with Crippen LogP contribution in [0.25, 0.3) is 10.9 Å². The van der Waals surface area contributed by atoms with Gasteiger partial charge < -0.3 is 25.8 Å². The van der Waals surface area contributed by atoms with Crippen molar-refractivity contribution in [2.75, 3.05) is 0 Å². The third kappa shape index (κ3) is 6.31. The van der Waals surface area contributed by atoms with E-state index in [1.165, 1.54) is 13.0 Å². The molecule has 1 heterocycles. The Morgan fingerprint density at radius 3 is 2.08 bits per heavy atom. The maximum atomic E-state index is 13.6. The zero-order valence-corrected chi connectivity index (χ0v) is 20.7. The molecule has 5 N–H and O–H groups in total. The largest absolute Gasteiger partial charge is 0.480 e. The van der Waals surface area contributed by atoms with Crippen LogP contribution in [0.2, 0.25) is 0 Å².